The number of halogens is 1. The molecule has 2 heterocycles. The lowest BCUT2D eigenvalue weighted by Gasteiger charge is -2.04. The van der Waals surface area contributed by atoms with Gasteiger partial charge in [-0.05, 0) is 0 Å². The highest BCUT2D eigenvalue weighted by Gasteiger charge is 2.07. The second-order valence-corrected chi connectivity index (χ2v) is 2.89. The first-order valence-corrected chi connectivity index (χ1v) is 4.56. The minimum absolute atomic E-state index is 0.00239. The van der Waals surface area contributed by atoms with Crippen molar-refractivity contribution in [3.63, 3.8) is 0 Å². The smallest absolute Gasteiger partial charge is 0.244 e. The van der Waals surface area contributed by atoms with E-state index in [2.05, 4.69) is 19.9 Å². The molecule has 0 N–H and O–H groups in total. The van der Waals surface area contributed by atoms with Crippen LogP contribution in [0.15, 0.2) is 12.5 Å². The number of fused-ring (bicyclic) bond motifs is 1. The zero-order valence-electron chi connectivity index (χ0n) is 8.55. The summed E-state index contributed by atoms with van der Waals surface area (Å²) in [6, 6.07) is 0. The molecule has 0 saturated heterocycles. The summed E-state index contributed by atoms with van der Waals surface area (Å²) >= 11 is 0. The molecule has 0 aliphatic heterocycles. The Balaban J connectivity index is 2.25. The van der Waals surface area contributed by atoms with E-state index in [1.54, 1.807) is 7.11 Å². The van der Waals surface area contributed by atoms with Crippen molar-refractivity contribution in [1.29, 1.82) is 0 Å². The topological polar surface area (TPSA) is 70.0 Å². The van der Waals surface area contributed by atoms with Crippen molar-refractivity contribution < 1.29 is 13.9 Å². The predicted molar refractivity (Wildman–Crippen MR) is 52.5 cm³/mol. The maximum atomic E-state index is 13.2. The van der Waals surface area contributed by atoms with Gasteiger partial charge in [0.1, 0.15) is 12.9 Å². The molecule has 0 atom stereocenters. The van der Waals surface area contributed by atoms with Gasteiger partial charge in [0.05, 0.1) is 12.8 Å². The van der Waals surface area contributed by atoms with Crippen LogP contribution in [-0.4, -0.2) is 40.3 Å². The predicted octanol–water partition coefficient (Wildman–Crippen LogP) is 0.584. The largest absolute Gasteiger partial charge is 0.474 e. The van der Waals surface area contributed by atoms with Crippen LogP contribution < -0.4 is 4.74 Å². The molecule has 6 nitrogen and oxygen atoms in total. The molecule has 2 aromatic rings. The number of rotatable bonds is 4. The number of hydrogen-bond acceptors (Lipinski definition) is 6. The summed E-state index contributed by atoms with van der Waals surface area (Å²) in [5, 5.41) is 0. The molecule has 7 heteroatoms. The Labute approximate surface area is 90.5 Å². The van der Waals surface area contributed by atoms with Crippen molar-refractivity contribution in [3.8, 4) is 5.88 Å². The number of nitrogens with zero attached hydrogens (tertiary/aromatic N) is 4. The Bertz CT molecular complexity index is 494. The van der Waals surface area contributed by atoms with E-state index in [1.807, 2.05) is 0 Å². The van der Waals surface area contributed by atoms with Gasteiger partial charge in [0.2, 0.25) is 11.8 Å². The summed E-state index contributed by atoms with van der Waals surface area (Å²) < 4.78 is 23.2. The molecule has 0 radical (unpaired) electrons. The van der Waals surface area contributed by atoms with Crippen molar-refractivity contribution in [2.45, 2.75) is 0 Å². The second-order valence-electron chi connectivity index (χ2n) is 2.89. The van der Waals surface area contributed by atoms with Crippen LogP contribution >= 0.6 is 0 Å². The fourth-order valence-electron chi connectivity index (χ4n) is 1.09. The maximum absolute atomic E-state index is 13.2. The molecule has 0 aliphatic carbocycles. The van der Waals surface area contributed by atoms with Crippen LogP contribution in [0.1, 0.15) is 0 Å². The van der Waals surface area contributed by atoms with Gasteiger partial charge in [-0.15, -0.1) is 0 Å². The van der Waals surface area contributed by atoms with E-state index in [9.17, 15) is 4.39 Å². The quantitative estimate of drug-likeness (QED) is 0.559. The van der Waals surface area contributed by atoms with Crippen LogP contribution in [0.25, 0.3) is 11.2 Å². The highest BCUT2D eigenvalue weighted by Crippen LogP contribution is 2.12. The lowest BCUT2D eigenvalue weighted by Crippen LogP contribution is -2.06. The fourth-order valence-corrected chi connectivity index (χ4v) is 1.09. The third-order valence-corrected chi connectivity index (χ3v) is 1.81. The Kier molecular flexibility index (Phi) is 3.16. The second kappa shape index (κ2) is 4.75. The van der Waals surface area contributed by atoms with E-state index in [-0.39, 0.29) is 17.0 Å². The van der Waals surface area contributed by atoms with Crippen molar-refractivity contribution in [2.75, 3.05) is 20.3 Å². The van der Waals surface area contributed by atoms with Gasteiger partial charge in [-0.25, -0.2) is 19.9 Å². The van der Waals surface area contributed by atoms with Crippen LogP contribution in [0, 0.1) is 5.95 Å². The first kappa shape index (κ1) is 10.6. The normalized spacial score (nSPS) is 10.6. The van der Waals surface area contributed by atoms with Gasteiger partial charge in [0.15, 0.2) is 11.2 Å². The first-order valence-electron chi connectivity index (χ1n) is 4.56. The summed E-state index contributed by atoms with van der Waals surface area (Å²) in [6.45, 7) is 0.749. The molecule has 0 fully saturated rings. The Hall–Kier alpha value is -1.89. The Morgan fingerprint density at radius 2 is 2.12 bits per heavy atom. The van der Waals surface area contributed by atoms with Gasteiger partial charge in [0.25, 0.3) is 0 Å². The molecule has 2 aromatic heterocycles. The Morgan fingerprint density at radius 3 is 2.94 bits per heavy atom. The summed E-state index contributed by atoms with van der Waals surface area (Å²) in [5.74, 6) is -0.493. The lowest BCUT2D eigenvalue weighted by molar-refractivity contribution is 0.143. The van der Waals surface area contributed by atoms with Crippen LogP contribution in [-0.2, 0) is 4.74 Å². The third-order valence-electron chi connectivity index (χ3n) is 1.81. The molecule has 0 aliphatic rings. The van der Waals surface area contributed by atoms with Crippen LogP contribution in [0.2, 0.25) is 0 Å². The number of methoxy groups -OCH3 is 1. The molecule has 0 saturated carbocycles. The zero-order chi connectivity index (χ0) is 11.4. The van der Waals surface area contributed by atoms with Crippen molar-refractivity contribution in [1.82, 2.24) is 19.9 Å². The van der Waals surface area contributed by atoms with Gasteiger partial charge >= 0.3 is 0 Å². The summed E-state index contributed by atoms with van der Waals surface area (Å²) in [5.41, 5.74) is 0.198. The molecule has 0 bridgehead atoms. The van der Waals surface area contributed by atoms with Gasteiger partial charge in [-0.2, -0.15) is 4.39 Å². The SMILES string of the molecule is COCCOc1cnc2ncnc(F)c2n1. The molecule has 2 rings (SSSR count). The van der Waals surface area contributed by atoms with E-state index in [1.165, 1.54) is 6.20 Å². The Morgan fingerprint density at radius 1 is 1.25 bits per heavy atom. The van der Waals surface area contributed by atoms with Crippen molar-refractivity contribution in [3.05, 3.63) is 18.5 Å². The minimum atomic E-state index is -0.713. The zero-order valence-corrected chi connectivity index (χ0v) is 8.55. The summed E-state index contributed by atoms with van der Waals surface area (Å²) in [6.07, 6.45) is 2.47. The molecule has 16 heavy (non-hydrogen) atoms. The molecule has 84 valence electrons. The number of ether oxygens (including phenoxy) is 2. The fraction of sp³-hybridized carbons (Fsp3) is 0.333. The van der Waals surface area contributed by atoms with Gasteiger partial charge in [0, 0.05) is 7.11 Å². The number of hydrogen-bond donors (Lipinski definition) is 0. The average molecular weight is 224 g/mol. The van der Waals surface area contributed by atoms with E-state index in [0.29, 0.717) is 13.2 Å². The summed E-state index contributed by atoms with van der Waals surface area (Å²) in [4.78, 5) is 15.0. The average Bonchev–Trinajstić information content (AvgIpc) is 2.30. The van der Waals surface area contributed by atoms with Gasteiger partial charge in [-0.1, -0.05) is 0 Å². The van der Waals surface area contributed by atoms with Crippen molar-refractivity contribution in [2.24, 2.45) is 0 Å². The lowest BCUT2D eigenvalue weighted by atomic mass is 10.5. The van der Waals surface area contributed by atoms with Crippen molar-refractivity contribution >= 4 is 11.2 Å². The minimum Gasteiger partial charge on any atom is -0.474 e. The molecule has 0 spiro atoms. The van der Waals surface area contributed by atoms with E-state index in [0.717, 1.165) is 6.33 Å². The molecule has 0 amide bonds. The van der Waals surface area contributed by atoms with E-state index < -0.39 is 5.95 Å². The molecule has 0 aromatic carbocycles. The summed E-state index contributed by atoms with van der Waals surface area (Å²) in [7, 11) is 1.56. The highest BCUT2D eigenvalue weighted by atomic mass is 19.1. The van der Waals surface area contributed by atoms with E-state index >= 15 is 0 Å². The standard InChI is InChI=1S/C9H9FN4O2/c1-15-2-3-16-6-4-11-9-7(14-6)8(10)12-5-13-9/h4-5H,2-3H2,1H3. The highest BCUT2D eigenvalue weighted by molar-refractivity contribution is 5.68. The van der Waals surface area contributed by atoms with Crippen LogP contribution in [0.4, 0.5) is 4.39 Å². The first-order chi connectivity index (χ1) is 7.81. The monoisotopic (exact) mass is 224 g/mol. The molecule has 0 unspecified atom stereocenters. The number of aromatic nitrogens is 4. The van der Waals surface area contributed by atoms with E-state index in [4.69, 9.17) is 9.47 Å². The van der Waals surface area contributed by atoms with Gasteiger partial charge in [-0.3, -0.25) is 0 Å². The molecular formula is C9H9FN4O2. The third kappa shape index (κ3) is 2.19. The van der Waals surface area contributed by atoms with Gasteiger partial charge < -0.3 is 9.47 Å². The maximum Gasteiger partial charge on any atom is 0.244 e. The van der Waals surface area contributed by atoms with Crippen LogP contribution in [0.3, 0.4) is 0 Å². The van der Waals surface area contributed by atoms with Crippen LogP contribution in [0.5, 0.6) is 5.88 Å². The molecular weight excluding hydrogens is 215 g/mol.